The highest BCUT2D eigenvalue weighted by Gasteiger charge is 2.11. The van der Waals surface area contributed by atoms with E-state index in [2.05, 4.69) is 17.2 Å². The first-order chi connectivity index (χ1) is 8.54. The van der Waals surface area contributed by atoms with Gasteiger partial charge in [-0.05, 0) is 19.1 Å². The van der Waals surface area contributed by atoms with E-state index in [0.29, 0.717) is 17.8 Å². The molecule has 1 aromatic rings. The molecule has 0 fully saturated rings. The highest BCUT2D eigenvalue weighted by atomic mass is 16.6. The molecule has 18 heavy (non-hydrogen) atoms. The Bertz CT molecular complexity index is 472. The van der Waals surface area contributed by atoms with Crippen LogP contribution >= 0.6 is 0 Å². The molecule has 6 nitrogen and oxygen atoms in total. The lowest BCUT2D eigenvalue weighted by Crippen LogP contribution is -2.28. The van der Waals surface area contributed by atoms with Gasteiger partial charge in [-0.15, -0.1) is 6.58 Å². The van der Waals surface area contributed by atoms with Gasteiger partial charge in [-0.2, -0.15) is 0 Å². The zero-order chi connectivity index (χ0) is 13.5. The second kappa shape index (κ2) is 6.51. The van der Waals surface area contributed by atoms with E-state index < -0.39 is 4.92 Å². The predicted molar refractivity (Wildman–Crippen MR) is 69.5 cm³/mol. The van der Waals surface area contributed by atoms with Gasteiger partial charge in [-0.25, -0.2) is 0 Å². The molecule has 96 valence electrons. The molecule has 0 heterocycles. The molecule has 0 aliphatic heterocycles. The lowest BCUT2D eigenvalue weighted by atomic mass is 10.2. The predicted octanol–water partition coefficient (Wildman–Crippen LogP) is 1.62. The van der Waals surface area contributed by atoms with E-state index in [4.69, 9.17) is 0 Å². The number of hydrogen-bond donors (Lipinski definition) is 2. The fourth-order valence-corrected chi connectivity index (χ4v) is 1.43. The molecule has 1 rings (SSSR count). The van der Waals surface area contributed by atoms with Gasteiger partial charge in [-0.1, -0.05) is 6.08 Å². The molecule has 1 amide bonds. The molecule has 1 aromatic carbocycles. The number of nitro benzene ring substituents is 1. The molecule has 0 aromatic heterocycles. The van der Waals surface area contributed by atoms with Crippen molar-refractivity contribution in [3.05, 3.63) is 46.5 Å². The average Bonchev–Trinajstić information content (AvgIpc) is 2.28. The molecule has 0 aliphatic rings. The highest BCUT2D eigenvalue weighted by molar-refractivity contribution is 5.92. The minimum atomic E-state index is -0.452. The van der Waals surface area contributed by atoms with Crippen molar-refractivity contribution in [2.24, 2.45) is 0 Å². The largest absolute Gasteiger partial charge is 0.325 e. The summed E-state index contributed by atoms with van der Waals surface area (Å²) < 4.78 is 0. The Hall–Kier alpha value is -2.21. The van der Waals surface area contributed by atoms with Gasteiger partial charge in [0.05, 0.1) is 11.5 Å². The first-order valence-corrected chi connectivity index (χ1v) is 5.41. The number of benzene rings is 1. The highest BCUT2D eigenvalue weighted by Crippen LogP contribution is 2.21. The summed E-state index contributed by atoms with van der Waals surface area (Å²) in [7, 11) is 0. The number of carbonyl (C=O) groups excluding carboxylic acids is 1. The van der Waals surface area contributed by atoms with Crippen LogP contribution in [0.4, 0.5) is 11.4 Å². The summed E-state index contributed by atoms with van der Waals surface area (Å²) in [5.41, 5.74) is 1.10. The third-order valence-corrected chi connectivity index (χ3v) is 2.25. The first-order valence-electron chi connectivity index (χ1n) is 5.41. The van der Waals surface area contributed by atoms with E-state index in [1.54, 1.807) is 19.1 Å². The lowest BCUT2D eigenvalue weighted by molar-refractivity contribution is -0.385. The second-order valence-corrected chi connectivity index (χ2v) is 3.73. The molecular weight excluding hydrogens is 234 g/mol. The Balaban J connectivity index is 2.63. The number of rotatable bonds is 6. The van der Waals surface area contributed by atoms with Crippen LogP contribution in [0.5, 0.6) is 0 Å². The monoisotopic (exact) mass is 249 g/mol. The molecule has 0 spiro atoms. The van der Waals surface area contributed by atoms with Crippen LogP contribution in [-0.4, -0.2) is 23.9 Å². The number of nitrogens with zero attached hydrogens (tertiary/aromatic N) is 1. The Labute approximate surface area is 105 Å². The van der Waals surface area contributed by atoms with Crippen LogP contribution in [0.3, 0.4) is 0 Å². The maximum Gasteiger partial charge on any atom is 0.272 e. The van der Waals surface area contributed by atoms with Gasteiger partial charge in [0.1, 0.15) is 0 Å². The van der Waals surface area contributed by atoms with Gasteiger partial charge in [0.25, 0.3) is 5.69 Å². The van der Waals surface area contributed by atoms with Crippen molar-refractivity contribution in [3.8, 4) is 0 Å². The third kappa shape index (κ3) is 3.99. The van der Waals surface area contributed by atoms with Crippen LogP contribution in [0.1, 0.15) is 5.56 Å². The molecule has 0 saturated carbocycles. The zero-order valence-corrected chi connectivity index (χ0v) is 10.1. The van der Waals surface area contributed by atoms with E-state index in [1.165, 1.54) is 12.1 Å². The molecule has 0 bridgehead atoms. The smallest absolute Gasteiger partial charge is 0.272 e. The zero-order valence-electron chi connectivity index (χ0n) is 10.1. The van der Waals surface area contributed by atoms with E-state index in [1.807, 2.05) is 0 Å². The molecule has 6 heteroatoms. The Morgan fingerprint density at radius 3 is 2.83 bits per heavy atom. The van der Waals surface area contributed by atoms with Crippen molar-refractivity contribution in [2.45, 2.75) is 6.92 Å². The van der Waals surface area contributed by atoms with Crippen molar-refractivity contribution in [3.63, 3.8) is 0 Å². The topological polar surface area (TPSA) is 84.3 Å². The van der Waals surface area contributed by atoms with Crippen LogP contribution in [0, 0.1) is 17.0 Å². The number of nitrogens with one attached hydrogen (secondary N) is 2. The van der Waals surface area contributed by atoms with Crippen LogP contribution < -0.4 is 10.6 Å². The fourth-order valence-electron chi connectivity index (χ4n) is 1.43. The Kier molecular flexibility index (Phi) is 5.01. The minimum Gasteiger partial charge on any atom is -0.325 e. The van der Waals surface area contributed by atoms with Crippen molar-refractivity contribution in [2.75, 3.05) is 18.4 Å². The number of carbonyl (C=O) groups is 1. The van der Waals surface area contributed by atoms with Crippen LogP contribution in [0.25, 0.3) is 0 Å². The summed E-state index contributed by atoms with van der Waals surface area (Å²) in [6, 6.07) is 4.46. The number of amides is 1. The molecule has 0 unspecified atom stereocenters. The molecule has 0 radical (unpaired) electrons. The average molecular weight is 249 g/mol. The second-order valence-electron chi connectivity index (χ2n) is 3.73. The number of aryl methyl sites for hydroxylation is 1. The van der Waals surface area contributed by atoms with Gasteiger partial charge in [0.2, 0.25) is 5.91 Å². The maximum absolute atomic E-state index is 11.5. The van der Waals surface area contributed by atoms with E-state index in [-0.39, 0.29) is 18.1 Å². The van der Waals surface area contributed by atoms with Crippen molar-refractivity contribution < 1.29 is 9.72 Å². The normalized spacial score (nSPS) is 9.83. The first kappa shape index (κ1) is 13.9. The van der Waals surface area contributed by atoms with Gasteiger partial charge in [-0.3, -0.25) is 14.9 Å². The molecule has 0 atom stereocenters. The summed E-state index contributed by atoms with van der Waals surface area (Å²) in [6.07, 6.45) is 1.66. The molecular formula is C12H15N3O3. The Morgan fingerprint density at radius 1 is 1.56 bits per heavy atom. The van der Waals surface area contributed by atoms with Crippen molar-refractivity contribution in [1.29, 1.82) is 0 Å². The van der Waals surface area contributed by atoms with Gasteiger partial charge in [0, 0.05) is 23.9 Å². The number of anilines is 1. The summed E-state index contributed by atoms with van der Waals surface area (Å²) in [6.45, 7) is 5.87. The third-order valence-electron chi connectivity index (χ3n) is 2.25. The van der Waals surface area contributed by atoms with E-state index >= 15 is 0 Å². The molecule has 0 aliphatic carbocycles. The quantitative estimate of drug-likeness (QED) is 0.347. The van der Waals surface area contributed by atoms with Crippen LogP contribution in [0.2, 0.25) is 0 Å². The lowest BCUT2D eigenvalue weighted by Gasteiger charge is -2.06. The van der Waals surface area contributed by atoms with Gasteiger partial charge in [0.15, 0.2) is 0 Å². The van der Waals surface area contributed by atoms with Gasteiger partial charge < -0.3 is 10.6 Å². The van der Waals surface area contributed by atoms with Crippen molar-refractivity contribution in [1.82, 2.24) is 5.32 Å². The van der Waals surface area contributed by atoms with E-state index in [9.17, 15) is 14.9 Å². The number of hydrogen-bond acceptors (Lipinski definition) is 4. The summed E-state index contributed by atoms with van der Waals surface area (Å²) in [5, 5.41) is 16.1. The molecule has 2 N–H and O–H groups in total. The van der Waals surface area contributed by atoms with Crippen LogP contribution in [-0.2, 0) is 4.79 Å². The van der Waals surface area contributed by atoms with Crippen molar-refractivity contribution >= 4 is 17.3 Å². The molecule has 0 saturated heterocycles. The number of nitro groups is 1. The van der Waals surface area contributed by atoms with E-state index in [0.717, 1.165) is 0 Å². The minimum absolute atomic E-state index is 0.0396. The maximum atomic E-state index is 11.5. The van der Waals surface area contributed by atoms with Gasteiger partial charge >= 0.3 is 0 Å². The fraction of sp³-hybridized carbons (Fsp3) is 0.250. The Morgan fingerprint density at radius 2 is 2.28 bits per heavy atom. The standard InChI is InChI=1S/C12H15N3O3/c1-3-6-13-8-12(16)14-10-4-5-11(15(17)18)9(2)7-10/h3-5,7,13H,1,6,8H2,2H3,(H,14,16). The SMILES string of the molecule is C=CCNCC(=O)Nc1ccc([N+](=O)[O-])c(C)c1. The summed E-state index contributed by atoms with van der Waals surface area (Å²) >= 11 is 0. The summed E-state index contributed by atoms with van der Waals surface area (Å²) in [4.78, 5) is 21.7. The van der Waals surface area contributed by atoms with Crippen LogP contribution in [0.15, 0.2) is 30.9 Å². The summed E-state index contributed by atoms with van der Waals surface area (Å²) in [5.74, 6) is -0.204.